The molecule has 7 nitrogen and oxygen atoms in total. The molecule has 4 heterocycles. The summed E-state index contributed by atoms with van der Waals surface area (Å²) in [4.78, 5) is 12.3. The number of nitrogens with zero attached hydrogens (tertiary/aromatic N) is 2. The number of fused-ring (bicyclic) bond motifs is 2. The molecule has 1 amide bonds. The van der Waals surface area contributed by atoms with Crippen molar-refractivity contribution in [3.63, 3.8) is 0 Å². The minimum atomic E-state index is -0.0661. The third-order valence-corrected chi connectivity index (χ3v) is 4.58. The molecular formula is C18H15N3O4. The van der Waals surface area contributed by atoms with Crippen LogP contribution in [-0.4, -0.2) is 22.5 Å². The highest BCUT2D eigenvalue weighted by Gasteiger charge is 2.31. The predicted molar refractivity (Wildman–Crippen MR) is 87.7 cm³/mol. The van der Waals surface area contributed by atoms with Gasteiger partial charge in [-0.25, -0.2) is 4.68 Å². The Morgan fingerprint density at radius 2 is 2.16 bits per heavy atom. The number of nitrogens with one attached hydrogen (secondary N) is 1. The Labute approximate surface area is 143 Å². The molecule has 3 aromatic rings. The number of hydrogen-bond acceptors (Lipinski definition) is 5. The quantitative estimate of drug-likeness (QED) is 0.795. The number of carbonyl (C=O) groups excluding carboxylic acids is 1. The summed E-state index contributed by atoms with van der Waals surface area (Å²) < 4.78 is 18.0. The molecule has 0 bridgehead atoms. The van der Waals surface area contributed by atoms with Crippen LogP contribution in [0.1, 0.15) is 29.2 Å². The highest BCUT2D eigenvalue weighted by molar-refractivity contribution is 5.94. The van der Waals surface area contributed by atoms with Crippen molar-refractivity contribution in [3.05, 3.63) is 59.7 Å². The maximum absolute atomic E-state index is 12.3. The van der Waals surface area contributed by atoms with Gasteiger partial charge in [-0.15, -0.1) is 0 Å². The zero-order valence-corrected chi connectivity index (χ0v) is 13.3. The van der Waals surface area contributed by atoms with Gasteiger partial charge in [0, 0.05) is 17.9 Å². The zero-order chi connectivity index (χ0) is 16.8. The van der Waals surface area contributed by atoms with Crippen molar-refractivity contribution < 1.29 is 18.7 Å². The van der Waals surface area contributed by atoms with Crippen LogP contribution >= 0.6 is 0 Å². The van der Waals surface area contributed by atoms with E-state index in [4.69, 9.17) is 13.9 Å². The summed E-state index contributed by atoms with van der Waals surface area (Å²) >= 11 is 0. The van der Waals surface area contributed by atoms with Crippen LogP contribution in [0, 0.1) is 0 Å². The molecule has 126 valence electrons. The van der Waals surface area contributed by atoms with Crippen LogP contribution in [0.5, 0.6) is 11.5 Å². The van der Waals surface area contributed by atoms with E-state index in [1.165, 1.54) is 0 Å². The van der Waals surface area contributed by atoms with Gasteiger partial charge in [-0.1, -0.05) is 6.07 Å². The van der Waals surface area contributed by atoms with Gasteiger partial charge in [-0.2, -0.15) is 5.10 Å². The average Bonchev–Trinajstić information content (AvgIpc) is 3.35. The summed E-state index contributed by atoms with van der Waals surface area (Å²) in [6, 6.07) is 9.52. The van der Waals surface area contributed by atoms with Gasteiger partial charge in [0.2, 0.25) is 12.7 Å². The average molecular weight is 337 g/mol. The summed E-state index contributed by atoms with van der Waals surface area (Å²) in [5, 5.41) is 7.38. The van der Waals surface area contributed by atoms with Gasteiger partial charge >= 0.3 is 0 Å². The van der Waals surface area contributed by atoms with Crippen LogP contribution in [0.15, 0.2) is 47.2 Å². The number of amides is 1. The van der Waals surface area contributed by atoms with E-state index < -0.39 is 0 Å². The number of hydrogen-bond donors (Lipinski definition) is 1. The molecule has 2 aromatic heterocycles. The van der Waals surface area contributed by atoms with Crippen LogP contribution in [0.2, 0.25) is 0 Å². The first-order valence-corrected chi connectivity index (χ1v) is 8.05. The fourth-order valence-corrected chi connectivity index (χ4v) is 3.37. The van der Waals surface area contributed by atoms with Crippen molar-refractivity contribution in [3.8, 4) is 11.5 Å². The van der Waals surface area contributed by atoms with Gasteiger partial charge in [0.05, 0.1) is 12.5 Å². The molecule has 1 aromatic carbocycles. The van der Waals surface area contributed by atoms with Crippen LogP contribution in [0.4, 0.5) is 5.82 Å². The fraction of sp³-hybridized carbons (Fsp3) is 0.222. The molecule has 0 saturated heterocycles. The molecule has 1 N–H and O–H groups in total. The second kappa shape index (κ2) is 5.41. The monoisotopic (exact) mass is 337 g/mol. The zero-order valence-electron chi connectivity index (χ0n) is 13.3. The lowest BCUT2D eigenvalue weighted by Gasteiger charge is -2.23. The maximum Gasteiger partial charge on any atom is 0.231 e. The Balaban J connectivity index is 1.53. The van der Waals surface area contributed by atoms with Crippen molar-refractivity contribution in [1.82, 2.24) is 9.78 Å². The normalized spacial score (nSPS) is 18.1. The Morgan fingerprint density at radius 3 is 3.04 bits per heavy atom. The van der Waals surface area contributed by atoms with E-state index >= 15 is 0 Å². The van der Waals surface area contributed by atoms with Crippen molar-refractivity contribution in [2.24, 2.45) is 0 Å². The molecule has 0 saturated carbocycles. The summed E-state index contributed by atoms with van der Waals surface area (Å²) in [6.07, 6.45) is 3.81. The van der Waals surface area contributed by atoms with E-state index in [9.17, 15) is 4.79 Å². The standard InChI is InChI=1S/C18H15N3O4/c22-17-7-13(11-3-4-15-16(6-11)25-10-24-15)14-8-19-21(18(14)20-17)9-12-2-1-5-23-12/h1-6,8,13H,7,9-10H2,(H,20,22)/t13-/m0/s1. The molecule has 0 spiro atoms. The molecule has 0 unspecified atom stereocenters. The molecular weight excluding hydrogens is 322 g/mol. The first-order valence-electron chi connectivity index (χ1n) is 8.05. The molecule has 2 aliphatic heterocycles. The van der Waals surface area contributed by atoms with Crippen LogP contribution < -0.4 is 14.8 Å². The first-order chi connectivity index (χ1) is 12.3. The number of benzene rings is 1. The van der Waals surface area contributed by atoms with Crippen molar-refractivity contribution >= 4 is 11.7 Å². The number of aromatic nitrogens is 2. The lowest BCUT2D eigenvalue weighted by atomic mass is 9.87. The van der Waals surface area contributed by atoms with Crippen LogP contribution in [0.25, 0.3) is 0 Å². The topological polar surface area (TPSA) is 78.5 Å². The molecule has 5 rings (SSSR count). The smallest absolute Gasteiger partial charge is 0.231 e. The maximum atomic E-state index is 12.3. The van der Waals surface area contributed by atoms with Crippen molar-refractivity contribution in [1.29, 1.82) is 0 Å². The lowest BCUT2D eigenvalue weighted by Crippen LogP contribution is -2.25. The number of rotatable bonds is 3. The van der Waals surface area contributed by atoms with Crippen LogP contribution in [-0.2, 0) is 11.3 Å². The molecule has 25 heavy (non-hydrogen) atoms. The van der Waals surface area contributed by atoms with E-state index in [0.717, 1.165) is 28.5 Å². The number of ether oxygens (including phenoxy) is 2. The van der Waals surface area contributed by atoms with E-state index in [1.54, 1.807) is 10.9 Å². The van der Waals surface area contributed by atoms with Gasteiger partial charge in [0.1, 0.15) is 18.1 Å². The Hall–Kier alpha value is -3.22. The van der Waals surface area contributed by atoms with Gasteiger partial charge in [0.25, 0.3) is 0 Å². The Morgan fingerprint density at radius 1 is 1.24 bits per heavy atom. The molecule has 2 aliphatic rings. The largest absolute Gasteiger partial charge is 0.467 e. The first kappa shape index (κ1) is 14.2. The molecule has 0 aliphatic carbocycles. The summed E-state index contributed by atoms with van der Waals surface area (Å²) in [6.45, 7) is 0.701. The van der Waals surface area contributed by atoms with E-state index in [2.05, 4.69) is 10.4 Å². The number of anilines is 1. The summed E-state index contributed by atoms with van der Waals surface area (Å²) in [7, 11) is 0. The fourth-order valence-electron chi connectivity index (χ4n) is 3.37. The van der Waals surface area contributed by atoms with Gasteiger partial charge < -0.3 is 19.2 Å². The number of furan rings is 1. The van der Waals surface area contributed by atoms with Crippen molar-refractivity contribution in [2.75, 3.05) is 12.1 Å². The molecule has 1 atom stereocenters. The Kier molecular flexibility index (Phi) is 3.06. The highest BCUT2D eigenvalue weighted by atomic mass is 16.7. The third kappa shape index (κ3) is 2.36. The molecule has 0 radical (unpaired) electrons. The van der Waals surface area contributed by atoms with Gasteiger partial charge in [-0.3, -0.25) is 4.79 Å². The predicted octanol–water partition coefficient (Wildman–Crippen LogP) is 2.73. The van der Waals surface area contributed by atoms with E-state index in [1.807, 2.05) is 36.5 Å². The minimum Gasteiger partial charge on any atom is -0.467 e. The minimum absolute atomic E-state index is 0.0311. The second-order valence-corrected chi connectivity index (χ2v) is 6.10. The van der Waals surface area contributed by atoms with Crippen molar-refractivity contribution in [2.45, 2.75) is 18.9 Å². The molecule has 7 heteroatoms. The van der Waals surface area contributed by atoms with E-state index in [-0.39, 0.29) is 18.6 Å². The second-order valence-electron chi connectivity index (χ2n) is 6.10. The SMILES string of the molecule is O=C1C[C@@H](c2ccc3c(c2)OCO3)c2cnn(Cc3ccco3)c2N1. The highest BCUT2D eigenvalue weighted by Crippen LogP contribution is 2.41. The van der Waals surface area contributed by atoms with Gasteiger partial charge in [-0.05, 0) is 29.8 Å². The van der Waals surface area contributed by atoms with Gasteiger partial charge in [0.15, 0.2) is 11.5 Å². The number of carbonyl (C=O) groups is 1. The third-order valence-electron chi connectivity index (χ3n) is 4.58. The van der Waals surface area contributed by atoms with Crippen LogP contribution in [0.3, 0.4) is 0 Å². The van der Waals surface area contributed by atoms with E-state index in [0.29, 0.717) is 18.7 Å². The lowest BCUT2D eigenvalue weighted by molar-refractivity contribution is -0.116. The summed E-state index contributed by atoms with van der Waals surface area (Å²) in [5.41, 5.74) is 2.00. The molecule has 0 fully saturated rings. The Bertz CT molecular complexity index is 945. The summed E-state index contributed by atoms with van der Waals surface area (Å²) in [5.74, 6) is 2.85.